The molecule has 0 amide bonds. The van der Waals surface area contributed by atoms with Crippen molar-refractivity contribution in [2.45, 2.75) is 72.4 Å². The van der Waals surface area contributed by atoms with Crippen LogP contribution in [-0.4, -0.2) is 49.2 Å². The molecule has 0 aliphatic carbocycles. The zero-order valence-electron chi connectivity index (χ0n) is 15.2. The first-order valence-electron chi connectivity index (χ1n) is 8.34. The smallest absolute Gasteiger partial charge is 0.326 e. The van der Waals surface area contributed by atoms with Crippen molar-refractivity contribution in [2.75, 3.05) is 26.7 Å². The van der Waals surface area contributed by atoms with Gasteiger partial charge in [-0.1, -0.05) is 13.8 Å². The van der Waals surface area contributed by atoms with Crippen LogP contribution < -0.4 is 5.32 Å². The van der Waals surface area contributed by atoms with Crippen LogP contribution in [0.15, 0.2) is 0 Å². The van der Waals surface area contributed by atoms with Gasteiger partial charge in [-0.2, -0.15) is 0 Å². The van der Waals surface area contributed by atoms with Crippen LogP contribution in [0.25, 0.3) is 0 Å². The van der Waals surface area contributed by atoms with E-state index in [9.17, 15) is 4.79 Å². The lowest BCUT2D eigenvalue weighted by atomic mass is 9.94. The standard InChI is InChI=1S/C17H36N2O2/c1-8-21-16(20)17(6,18-15(4)5)11-9-12-19(7)13-10-14(2)3/h14-15,18H,8-13H2,1-7H3. The molecule has 0 aromatic rings. The number of carbonyl (C=O) groups is 1. The Morgan fingerprint density at radius 1 is 1.24 bits per heavy atom. The van der Waals surface area contributed by atoms with Crippen molar-refractivity contribution in [3.63, 3.8) is 0 Å². The van der Waals surface area contributed by atoms with Crippen molar-refractivity contribution < 1.29 is 9.53 Å². The summed E-state index contributed by atoms with van der Waals surface area (Å²) in [6, 6.07) is 0.262. The summed E-state index contributed by atoms with van der Waals surface area (Å²) in [6.07, 6.45) is 3.01. The molecule has 0 heterocycles. The van der Waals surface area contributed by atoms with Crippen molar-refractivity contribution in [3.8, 4) is 0 Å². The van der Waals surface area contributed by atoms with Gasteiger partial charge >= 0.3 is 5.97 Å². The molecule has 0 aromatic heterocycles. The van der Waals surface area contributed by atoms with E-state index in [2.05, 4.69) is 45.0 Å². The average molecular weight is 300 g/mol. The van der Waals surface area contributed by atoms with E-state index in [1.54, 1.807) is 0 Å². The number of hydrogen-bond acceptors (Lipinski definition) is 4. The highest BCUT2D eigenvalue weighted by atomic mass is 16.5. The molecule has 1 N–H and O–H groups in total. The fourth-order valence-electron chi connectivity index (χ4n) is 2.45. The number of nitrogens with one attached hydrogen (secondary N) is 1. The second-order valence-corrected chi connectivity index (χ2v) is 6.94. The summed E-state index contributed by atoms with van der Waals surface area (Å²) in [4.78, 5) is 14.5. The van der Waals surface area contributed by atoms with E-state index in [0.717, 1.165) is 31.8 Å². The second kappa shape index (κ2) is 10.2. The number of carbonyl (C=O) groups excluding carboxylic acids is 1. The van der Waals surface area contributed by atoms with Gasteiger partial charge in [0.15, 0.2) is 0 Å². The van der Waals surface area contributed by atoms with Gasteiger partial charge in [0.1, 0.15) is 5.54 Å². The molecule has 0 aliphatic heterocycles. The van der Waals surface area contributed by atoms with Gasteiger partial charge in [-0.15, -0.1) is 0 Å². The minimum absolute atomic E-state index is 0.136. The molecule has 0 rings (SSSR count). The van der Waals surface area contributed by atoms with Gasteiger partial charge in [0.25, 0.3) is 0 Å². The maximum absolute atomic E-state index is 12.2. The summed E-state index contributed by atoms with van der Waals surface area (Å²) in [5.74, 6) is 0.600. The Labute approximate surface area is 131 Å². The van der Waals surface area contributed by atoms with Crippen molar-refractivity contribution in [1.29, 1.82) is 0 Å². The van der Waals surface area contributed by atoms with Crippen molar-refractivity contribution in [3.05, 3.63) is 0 Å². The maximum Gasteiger partial charge on any atom is 0.326 e. The normalized spacial score (nSPS) is 14.8. The summed E-state index contributed by atoms with van der Waals surface area (Å²) < 4.78 is 5.23. The first-order chi connectivity index (χ1) is 9.71. The highest BCUT2D eigenvalue weighted by Crippen LogP contribution is 2.16. The Hall–Kier alpha value is -0.610. The van der Waals surface area contributed by atoms with E-state index in [-0.39, 0.29) is 12.0 Å². The first-order valence-corrected chi connectivity index (χ1v) is 8.34. The van der Waals surface area contributed by atoms with Gasteiger partial charge in [-0.3, -0.25) is 10.1 Å². The lowest BCUT2D eigenvalue weighted by Gasteiger charge is -2.31. The number of nitrogens with zero attached hydrogens (tertiary/aromatic N) is 1. The maximum atomic E-state index is 12.2. The molecule has 0 bridgehead atoms. The number of hydrogen-bond donors (Lipinski definition) is 1. The fourth-order valence-corrected chi connectivity index (χ4v) is 2.45. The Balaban J connectivity index is 4.32. The summed E-state index contributed by atoms with van der Waals surface area (Å²) >= 11 is 0. The highest BCUT2D eigenvalue weighted by molar-refractivity contribution is 5.80. The third-order valence-electron chi connectivity index (χ3n) is 3.64. The van der Waals surface area contributed by atoms with Gasteiger partial charge in [-0.05, 0) is 73.0 Å². The van der Waals surface area contributed by atoms with Crippen molar-refractivity contribution in [1.82, 2.24) is 10.2 Å². The molecule has 0 aromatic carbocycles. The van der Waals surface area contributed by atoms with Crippen LogP contribution in [-0.2, 0) is 9.53 Å². The van der Waals surface area contributed by atoms with E-state index < -0.39 is 5.54 Å². The molecule has 0 saturated carbocycles. The number of rotatable bonds is 11. The summed E-state index contributed by atoms with van der Waals surface area (Å²) in [7, 11) is 2.15. The molecule has 0 spiro atoms. The Morgan fingerprint density at radius 3 is 2.33 bits per heavy atom. The van der Waals surface area contributed by atoms with E-state index >= 15 is 0 Å². The third kappa shape index (κ3) is 9.10. The Kier molecular flexibility index (Phi) is 9.88. The predicted octanol–water partition coefficient (Wildman–Crippen LogP) is 3.06. The van der Waals surface area contributed by atoms with Crippen LogP contribution in [0.1, 0.15) is 60.8 Å². The largest absolute Gasteiger partial charge is 0.465 e. The molecule has 4 heteroatoms. The average Bonchev–Trinajstić information content (AvgIpc) is 2.35. The molecule has 1 unspecified atom stereocenters. The van der Waals surface area contributed by atoms with E-state index in [1.165, 1.54) is 6.42 Å². The summed E-state index contributed by atoms with van der Waals surface area (Å²) in [5, 5.41) is 3.37. The topological polar surface area (TPSA) is 41.6 Å². The highest BCUT2D eigenvalue weighted by Gasteiger charge is 2.34. The predicted molar refractivity (Wildman–Crippen MR) is 89.5 cm³/mol. The van der Waals surface area contributed by atoms with Crippen molar-refractivity contribution >= 4 is 5.97 Å². The van der Waals surface area contributed by atoms with Gasteiger partial charge < -0.3 is 9.64 Å². The van der Waals surface area contributed by atoms with Crippen LogP contribution >= 0.6 is 0 Å². The Bertz CT molecular complexity index is 293. The number of ether oxygens (including phenoxy) is 1. The lowest BCUT2D eigenvalue weighted by Crippen LogP contribution is -2.53. The summed E-state index contributed by atoms with van der Waals surface area (Å²) in [6.45, 7) is 15.0. The molecular weight excluding hydrogens is 264 g/mol. The van der Waals surface area contributed by atoms with Gasteiger partial charge in [0.2, 0.25) is 0 Å². The van der Waals surface area contributed by atoms with Crippen molar-refractivity contribution in [2.24, 2.45) is 5.92 Å². The van der Waals surface area contributed by atoms with Crippen LogP contribution in [0.3, 0.4) is 0 Å². The van der Waals surface area contributed by atoms with Gasteiger partial charge in [0.05, 0.1) is 6.61 Å². The molecule has 4 nitrogen and oxygen atoms in total. The molecule has 0 saturated heterocycles. The van der Waals surface area contributed by atoms with Crippen LogP contribution in [0.4, 0.5) is 0 Å². The van der Waals surface area contributed by atoms with E-state index in [1.807, 2.05) is 13.8 Å². The molecular formula is C17H36N2O2. The molecule has 0 aliphatic rings. The monoisotopic (exact) mass is 300 g/mol. The summed E-state index contributed by atoms with van der Waals surface area (Å²) in [5.41, 5.74) is -0.580. The zero-order valence-corrected chi connectivity index (χ0v) is 15.2. The van der Waals surface area contributed by atoms with E-state index in [0.29, 0.717) is 6.61 Å². The molecule has 0 radical (unpaired) electrons. The fraction of sp³-hybridized carbons (Fsp3) is 0.941. The first kappa shape index (κ1) is 20.4. The molecule has 1 atom stereocenters. The minimum Gasteiger partial charge on any atom is -0.465 e. The minimum atomic E-state index is -0.580. The zero-order chi connectivity index (χ0) is 16.5. The SMILES string of the molecule is CCOC(=O)C(C)(CCCN(C)CCC(C)C)NC(C)C. The molecule has 0 fully saturated rings. The van der Waals surface area contributed by atoms with Crippen LogP contribution in [0.2, 0.25) is 0 Å². The van der Waals surface area contributed by atoms with E-state index in [4.69, 9.17) is 4.74 Å². The Morgan fingerprint density at radius 2 is 1.86 bits per heavy atom. The van der Waals surface area contributed by atoms with Gasteiger partial charge in [-0.25, -0.2) is 0 Å². The number of esters is 1. The quantitative estimate of drug-likeness (QED) is 0.595. The third-order valence-corrected chi connectivity index (χ3v) is 3.64. The molecule has 126 valence electrons. The van der Waals surface area contributed by atoms with Crippen LogP contribution in [0, 0.1) is 5.92 Å². The second-order valence-electron chi connectivity index (χ2n) is 6.94. The molecule has 21 heavy (non-hydrogen) atoms. The van der Waals surface area contributed by atoms with Crippen LogP contribution in [0.5, 0.6) is 0 Å². The lowest BCUT2D eigenvalue weighted by molar-refractivity contribution is -0.151. The van der Waals surface area contributed by atoms with Gasteiger partial charge in [0, 0.05) is 6.04 Å².